The van der Waals surface area contributed by atoms with Crippen molar-refractivity contribution in [3.63, 3.8) is 0 Å². The molecule has 1 aliphatic carbocycles. The van der Waals surface area contributed by atoms with Gasteiger partial charge in [0, 0.05) is 27.1 Å². The first-order valence-electron chi connectivity index (χ1n) is 7.62. The summed E-state index contributed by atoms with van der Waals surface area (Å²) in [5.74, 6) is 0.411. The van der Waals surface area contributed by atoms with Gasteiger partial charge in [0.25, 0.3) is 0 Å². The second kappa shape index (κ2) is 6.16. The molecule has 1 aromatic heterocycles. The summed E-state index contributed by atoms with van der Waals surface area (Å²) in [6.07, 6.45) is 3.20. The molecule has 0 aliphatic heterocycles. The Kier molecular flexibility index (Phi) is 4.92. The molecule has 0 N–H and O–H groups in total. The van der Waals surface area contributed by atoms with E-state index in [9.17, 15) is 21.6 Å². The van der Waals surface area contributed by atoms with Crippen molar-refractivity contribution in [1.29, 1.82) is 0 Å². The molecule has 0 bridgehead atoms. The van der Waals surface area contributed by atoms with Crippen LogP contribution >= 0.6 is 0 Å². The Morgan fingerprint density at radius 1 is 1.22 bits per heavy atom. The Labute approximate surface area is 135 Å². The molecule has 0 saturated carbocycles. The summed E-state index contributed by atoms with van der Waals surface area (Å²) in [7, 11) is -7.17. The van der Waals surface area contributed by atoms with Gasteiger partial charge in [0.05, 0.1) is 0 Å². The Bertz CT molecular complexity index is 638. The molecule has 0 spiro atoms. The highest BCUT2D eigenvalue weighted by molar-refractivity contribution is 7.93. The second-order valence-electron chi connectivity index (χ2n) is 7.07. The average Bonchev–Trinajstić information content (AvgIpc) is 2.79. The number of furan rings is 1. The van der Waals surface area contributed by atoms with Crippen LogP contribution in [-0.2, 0) is 22.9 Å². The third-order valence-electron chi connectivity index (χ3n) is 3.88. The minimum Gasteiger partial charge on any atom is -0.444 e. The van der Waals surface area contributed by atoms with Crippen molar-refractivity contribution < 1.29 is 26.0 Å². The predicted molar refractivity (Wildman–Crippen MR) is 85.8 cm³/mol. The highest BCUT2D eigenvalue weighted by atomic mass is 32.2. The van der Waals surface area contributed by atoms with Gasteiger partial charge in [0.1, 0.15) is 5.76 Å². The third-order valence-corrected chi connectivity index (χ3v) is 7.13. The molecule has 0 aromatic carbocycles. The molecule has 132 valence electrons. The SMILES string of the molecule is C[Si](C)(C)CCN(c1cc2c(o1)CCCC2)S(=O)(=O)C(F)(F)F. The maximum atomic E-state index is 13.0. The lowest BCUT2D eigenvalue weighted by molar-refractivity contribution is -0.0439. The van der Waals surface area contributed by atoms with Crippen molar-refractivity contribution in [1.82, 2.24) is 0 Å². The standard InChI is InChI=1S/C14H22F3NO3SSi/c1-23(2,3)9-8-18(22(19,20)14(15,16)17)13-10-11-6-4-5-7-12(11)21-13/h10H,4-9H2,1-3H3. The first-order valence-corrected chi connectivity index (χ1v) is 12.8. The molecule has 4 nitrogen and oxygen atoms in total. The summed E-state index contributed by atoms with van der Waals surface area (Å²) in [5, 5.41) is 0. The second-order valence-corrected chi connectivity index (χ2v) is 14.5. The number of aryl methyl sites for hydroxylation is 2. The third kappa shape index (κ3) is 4.12. The van der Waals surface area contributed by atoms with Gasteiger partial charge in [-0.25, -0.2) is 4.31 Å². The van der Waals surface area contributed by atoms with Crippen molar-refractivity contribution in [2.75, 3.05) is 10.8 Å². The van der Waals surface area contributed by atoms with Crippen molar-refractivity contribution in [2.24, 2.45) is 0 Å². The molecule has 0 atom stereocenters. The molecule has 1 heterocycles. The maximum absolute atomic E-state index is 13.0. The van der Waals surface area contributed by atoms with E-state index in [4.69, 9.17) is 4.42 Å². The number of sulfonamides is 1. The van der Waals surface area contributed by atoms with E-state index >= 15 is 0 Å². The first kappa shape index (κ1) is 18.4. The van der Waals surface area contributed by atoms with Crippen LogP contribution in [0.2, 0.25) is 25.7 Å². The Hall–Kier alpha value is -0.963. The zero-order valence-corrected chi connectivity index (χ0v) is 15.4. The van der Waals surface area contributed by atoms with E-state index in [0.717, 1.165) is 18.4 Å². The van der Waals surface area contributed by atoms with E-state index < -0.39 is 23.6 Å². The quantitative estimate of drug-likeness (QED) is 0.733. The number of hydrogen-bond donors (Lipinski definition) is 0. The lowest BCUT2D eigenvalue weighted by Gasteiger charge is -2.26. The Morgan fingerprint density at radius 3 is 2.35 bits per heavy atom. The summed E-state index contributed by atoms with van der Waals surface area (Å²) >= 11 is 0. The smallest absolute Gasteiger partial charge is 0.444 e. The summed E-state index contributed by atoms with van der Waals surface area (Å²) in [6.45, 7) is 5.75. The Balaban J connectivity index is 2.39. The number of hydrogen-bond acceptors (Lipinski definition) is 3. The van der Waals surface area contributed by atoms with E-state index in [1.165, 1.54) is 6.07 Å². The van der Waals surface area contributed by atoms with E-state index in [1.807, 2.05) is 19.6 Å². The van der Waals surface area contributed by atoms with Crippen LogP contribution in [0.1, 0.15) is 24.2 Å². The van der Waals surface area contributed by atoms with Crippen molar-refractivity contribution >= 4 is 24.0 Å². The molecule has 0 unspecified atom stereocenters. The molecule has 1 aromatic rings. The molecule has 23 heavy (non-hydrogen) atoms. The minimum absolute atomic E-state index is 0.201. The number of fused-ring (bicyclic) bond motifs is 1. The van der Waals surface area contributed by atoms with Gasteiger partial charge < -0.3 is 4.42 Å². The van der Waals surface area contributed by atoms with Crippen molar-refractivity contribution in [3.8, 4) is 0 Å². The van der Waals surface area contributed by atoms with Crippen molar-refractivity contribution in [2.45, 2.75) is 56.9 Å². The summed E-state index contributed by atoms with van der Waals surface area (Å²) < 4.78 is 68.8. The number of nitrogens with zero attached hydrogens (tertiary/aromatic N) is 1. The van der Waals surface area contributed by atoms with Crippen LogP contribution in [0.25, 0.3) is 0 Å². The van der Waals surface area contributed by atoms with Crippen molar-refractivity contribution in [3.05, 3.63) is 17.4 Å². The molecule has 0 radical (unpaired) electrons. The number of alkyl halides is 3. The molecule has 0 saturated heterocycles. The topological polar surface area (TPSA) is 50.5 Å². The van der Waals surface area contributed by atoms with Gasteiger partial charge in [0.15, 0.2) is 0 Å². The molecule has 9 heteroatoms. The fraction of sp³-hybridized carbons (Fsp3) is 0.714. The number of anilines is 1. The van der Waals surface area contributed by atoms with Gasteiger partial charge in [-0.3, -0.25) is 0 Å². The predicted octanol–water partition coefficient (Wildman–Crippen LogP) is 4.15. The Morgan fingerprint density at radius 2 is 1.83 bits per heavy atom. The zero-order chi connectivity index (χ0) is 17.5. The van der Waals surface area contributed by atoms with E-state index in [0.29, 0.717) is 29.0 Å². The largest absolute Gasteiger partial charge is 0.516 e. The molecule has 1 aliphatic rings. The van der Waals surface area contributed by atoms with E-state index in [1.54, 1.807) is 0 Å². The normalized spacial score (nSPS) is 16.3. The van der Waals surface area contributed by atoms with Gasteiger partial charge in [-0.15, -0.1) is 0 Å². The summed E-state index contributed by atoms with van der Waals surface area (Å²) in [6, 6.07) is 1.88. The summed E-state index contributed by atoms with van der Waals surface area (Å²) in [4.78, 5) is 0. The van der Waals surface area contributed by atoms with E-state index in [2.05, 4.69) is 0 Å². The van der Waals surface area contributed by atoms with Gasteiger partial charge in [0.2, 0.25) is 5.88 Å². The van der Waals surface area contributed by atoms with Crippen LogP contribution in [0.3, 0.4) is 0 Å². The van der Waals surface area contributed by atoms with Crippen LogP contribution in [0.5, 0.6) is 0 Å². The average molecular weight is 369 g/mol. The highest BCUT2D eigenvalue weighted by Crippen LogP contribution is 2.36. The van der Waals surface area contributed by atoms with Gasteiger partial charge in [-0.1, -0.05) is 19.6 Å². The van der Waals surface area contributed by atoms with Gasteiger partial charge in [-0.05, 0) is 30.9 Å². The molecular formula is C14H22F3NO3SSi. The van der Waals surface area contributed by atoms with Crippen LogP contribution in [0.15, 0.2) is 10.5 Å². The fourth-order valence-corrected chi connectivity index (χ4v) is 4.47. The monoisotopic (exact) mass is 369 g/mol. The van der Waals surface area contributed by atoms with Crippen LogP contribution in [-0.4, -0.2) is 28.5 Å². The fourth-order valence-electron chi connectivity index (χ4n) is 2.51. The lowest BCUT2D eigenvalue weighted by atomic mass is 9.99. The number of halogens is 3. The van der Waals surface area contributed by atoms with E-state index in [-0.39, 0.29) is 12.4 Å². The molecular weight excluding hydrogens is 347 g/mol. The lowest BCUT2D eigenvalue weighted by Crippen LogP contribution is -2.43. The molecule has 2 rings (SSSR count). The maximum Gasteiger partial charge on any atom is 0.516 e. The van der Waals surface area contributed by atoms with Gasteiger partial charge >= 0.3 is 15.5 Å². The van der Waals surface area contributed by atoms with Crippen LogP contribution < -0.4 is 4.31 Å². The molecule has 0 amide bonds. The zero-order valence-electron chi connectivity index (χ0n) is 13.5. The van der Waals surface area contributed by atoms with Gasteiger partial charge in [-0.2, -0.15) is 21.6 Å². The number of rotatable bonds is 5. The minimum atomic E-state index is -5.45. The van der Waals surface area contributed by atoms with Crippen LogP contribution in [0.4, 0.5) is 19.1 Å². The first-order chi connectivity index (χ1) is 10.4. The molecule has 0 fully saturated rings. The van der Waals surface area contributed by atoms with Crippen LogP contribution in [0, 0.1) is 0 Å². The summed E-state index contributed by atoms with van der Waals surface area (Å²) in [5.41, 5.74) is -4.51. The highest BCUT2D eigenvalue weighted by Gasteiger charge is 2.51.